The SMILES string of the molecule is CCC1CCCC(OCCNC2CCS(=O)(=O)C2)C1. The van der Waals surface area contributed by atoms with Crippen LogP contribution in [0, 0.1) is 5.92 Å². The standard InChI is InChI=1S/C14H27NO3S/c1-2-12-4-3-5-14(10-12)18-8-7-15-13-6-9-19(16,17)11-13/h12-15H,2-11H2,1H3. The average molecular weight is 289 g/mol. The molecule has 0 amide bonds. The highest BCUT2D eigenvalue weighted by Crippen LogP contribution is 2.28. The first-order chi connectivity index (χ1) is 9.09. The van der Waals surface area contributed by atoms with Crippen molar-refractivity contribution < 1.29 is 13.2 Å². The lowest BCUT2D eigenvalue weighted by Crippen LogP contribution is -2.34. The van der Waals surface area contributed by atoms with E-state index in [0.29, 0.717) is 24.2 Å². The molecular formula is C14H27NO3S. The lowest BCUT2D eigenvalue weighted by Gasteiger charge is -2.28. The molecule has 3 unspecified atom stereocenters. The fraction of sp³-hybridized carbons (Fsp3) is 1.00. The van der Waals surface area contributed by atoms with Crippen LogP contribution < -0.4 is 5.32 Å². The zero-order valence-electron chi connectivity index (χ0n) is 11.9. The predicted molar refractivity (Wildman–Crippen MR) is 77.1 cm³/mol. The molecule has 0 aromatic carbocycles. The van der Waals surface area contributed by atoms with Crippen molar-refractivity contribution in [2.45, 2.75) is 57.6 Å². The maximum atomic E-state index is 11.3. The van der Waals surface area contributed by atoms with Crippen LogP contribution in [0.3, 0.4) is 0 Å². The molecule has 2 rings (SSSR count). The Kier molecular flexibility index (Phi) is 5.66. The van der Waals surface area contributed by atoms with Gasteiger partial charge in [0.2, 0.25) is 0 Å². The zero-order chi connectivity index (χ0) is 13.7. The van der Waals surface area contributed by atoms with Gasteiger partial charge < -0.3 is 10.1 Å². The Morgan fingerprint density at radius 1 is 1.26 bits per heavy atom. The van der Waals surface area contributed by atoms with Crippen molar-refractivity contribution in [3.05, 3.63) is 0 Å². The Balaban J connectivity index is 1.57. The monoisotopic (exact) mass is 289 g/mol. The topological polar surface area (TPSA) is 55.4 Å². The summed E-state index contributed by atoms with van der Waals surface area (Å²) in [6, 6.07) is 0.142. The van der Waals surface area contributed by atoms with Crippen molar-refractivity contribution >= 4 is 9.84 Å². The third-order valence-electron chi connectivity index (χ3n) is 4.43. The summed E-state index contributed by atoms with van der Waals surface area (Å²) in [6.45, 7) is 3.74. The third kappa shape index (κ3) is 5.04. The Labute approximate surface area is 117 Å². The zero-order valence-corrected chi connectivity index (χ0v) is 12.8. The third-order valence-corrected chi connectivity index (χ3v) is 6.20. The summed E-state index contributed by atoms with van der Waals surface area (Å²) in [7, 11) is -2.77. The van der Waals surface area contributed by atoms with Gasteiger partial charge in [0.25, 0.3) is 0 Å². The van der Waals surface area contributed by atoms with Gasteiger partial charge in [-0.15, -0.1) is 0 Å². The summed E-state index contributed by atoms with van der Waals surface area (Å²) in [5, 5.41) is 3.30. The van der Waals surface area contributed by atoms with Gasteiger partial charge in [0.15, 0.2) is 9.84 Å². The number of hydrogen-bond acceptors (Lipinski definition) is 4. The van der Waals surface area contributed by atoms with Gasteiger partial charge in [0, 0.05) is 12.6 Å². The molecule has 5 heteroatoms. The van der Waals surface area contributed by atoms with Crippen molar-refractivity contribution in [2.75, 3.05) is 24.7 Å². The Hall–Kier alpha value is -0.130. The molecule has 112 valence electrons. The fourth-order valence-electron chi connectivity index (χ4n) is 3.21. The van der Waals surface area contributed by atoms with Gasteiger partial charge in [-0.1, -0.05) is 26.2 Å². The van der Waals surface area contributed by atoms with Crippen LogP contribution in [0.5, 0.6) is 0 Å². The van der Waals surface area contributed by atoms with E-state index in [-0.39, 0.29) is 6.04 Å². The molecule has 1 heterocycles. The van der Waals surface area contributed by atoms with Gasteiger partial charge in [-0.05, 0) is 25.2 Å². The molecule has 0 bridgehead atoms. The van der Waals surface area contributed by atoms with E-state index in [1.807, 2.05) is 0 Å². The summed E-state index contributed by atoms with van der Waals surface area (Å²) in [4.78, 5) is 0. The van der Waals surface area contributed by atoms with Crippen molar-refractivity contribution in [1.29, 1.82) is 0 Å². The summed E-state index contributed by atoms with van der Waals surface area (Å²) < 4.78 is 28.6. The number of rotatable bonds is 6. The number of nitrogens with one attached hydrogen (secondary N) is 1. The first kappa shape index (κ1) is 15.3. The molecule has 0 aromatic rings. The summed E-state index contributed by atoms with van der Waals surface area (Å²) >= 11 is 0. The molecule has 3 atom stereocenters. The lowest BCUT2D eigenvalue weighted by molar-refractivity contribution is 0.0137. The average Bonchev–Trinajstić information content (AvgIpc) is 2.74. The molecule has 0 radical (unpaired) electrons. The van der Waals surface area contributed by atoms with Crippen molar-refractivity contribution in [1.82, 2.24) is 5.32 Å². The highest BCUT2D eigenvalue weighted by Gasteiger charge is 2.27. The van der Waals surface area contributed by atoms with Crippen LogP contribution in [0.15, 0.2) is 0 Å². The van der Waals surface area contributed by atoms with Crippen molar-refractivity contribution in [3.8, 4) is 0 Å². The van der Waals surface area contributed by atoms with Crippen molar-refractivity contribution in [2.24, 2.45) is 5.92 Å². The minimum absolute atomic E-state index is 0.142. The fourth-order valence-corrected chi connectivity index (χ4v) is 4.92. The number of ether oxygens (including phenoxy) is 1. The number of sulfone groups is 1. The molecule has 2 aliphatic rings. The van der Waals surface area contributed by atoms with Gasteiger partial charge in [-0.2, -0.15) is 0 Å². The normalized spacial score (nSPS) is 34.5. The van der Waals surface area contributed by atoms with E-state index >= 15 is 0 Å². The van der Waals surface area contributed by atoms with E-state index in [9.17, 15) is 8.42 Å². The lowest BCUT2D eigenvalue weighted by atomic mass is 9.85. The van der Waals surface area contributed by atoms with Crippen LogP contribution in [0.2, 0.25) is 0 Å². The number of hydrogen-bond donors (Lipinski definition) is 1. The van der Waals surface area contributed by atoms with Gasteiger partial charge in [0.05, 0.1) is 24.2 Å². The molecule has 19 heavy (non-hydrogen) atoms. The first-order valence-corrected chi connectivity index (χ1v) is 9.46. The molecule has 1 aliphatic carbocycles. The summed E-state index contributed by atoms with van der Waals surface area (Å²) in [6.07, 6.45) is 7.48. The van der Waals surface area contributed by atoms with E-state index in [0.717, 1.165) is 18.9 Å². The second kappa shape index (κ2) is 7.04. The molecule has 0 spiro atoms. The maximum Gasteiger partial charge on any atom is 0.151 e. The Bertz CT molecular complexity index is 369. The largest absolute Gasteiger partial charge is 0.377 e. The highest BCUT2D eigenvalue weighted by atomic mass is 32.2. The van der Waals surface area contributed by atoms with Crippen LogP contribution in [0.1, 0.15) is 45.4 Å². The van der Waals surface area contributed by atoms with Gasteiger partial charge in [-0.3, -0.25) is 0 Å². The van der Waals surface area contributed by atoms with E-state index in [1.165, 1.54) is 32.1 Å². The maximum absolute atomic E-state index is 11.3. The smallest absolute Gasteiger partial charge is 0.151 e. The van der Waals surface area contributed by atoms with E-state index in [4.69, 9.17) is 4.74 Å². The molecule has 1 N–H and O–H groups in total. The first-order valence-electron chi connectivity index (χ1n) is 7.64. The minimum Gasteiger partial charge on any atom is -0.377 e. The Morgan fingerprint density at radius 3 is 2.79 bits per heavy atom. The van der Waals surface area contributed by atoms with Gasteiger partial charge in [0.1, 0.15) is 0 Å². The van der Waals surface area contributed by atoms with Crippen LogP contribution in [-0.2, 0) is 14.6 Å². The van der Waals surface area contributed by atoms with Gasteiger partial charge >= 0.3 is 0 Å². The second-order valence-corrected chi connectivity index (χ2v) is 8.22. The molecule has 4 nitrogen and oxygen atoms in total. The molecule has 1 saturated carbocycles. The molecule has 1 saturated heterocycles. The van der Waals surface area contributed by atoms with Crippen LogP contribution in [0.25, 0.3) is 0 Å². The molecular weight excluding hydrogens is 262 g/mol. The van der Waals surface area contributed by atoms with E-state index in [2.05, 4.69) is 12.2 Å². The highest BCUT2D eigenvalue weighted by molar-refractivity contribution is 7.91. The summed E-state index contributed by atoms with van der Waals surface area (Å²) in [5.41, 5.74) is 0. The predicted octanol–water partition coefficient (Wildman–Crippen LogP) is 1.75. The quantitative estimate of drug-likeness (QED) is 0.757. The Morgan fingerprint density at radius 2 is 2.11 bits per heavy atom. The second-order valence-electron chi connectivity index (χ2n) is 5.99. The minimum atomic E-state index is -2.77. The van der Waals surface area contributed by atoms with Crippen molar-refractivity contribution in [3.63, 3.8) is 0 Å². The van der Waals surface area contributed by atoms with Crippen LogP contribution in [-0.4, -0.2) is 45.2 Å². The molecule has 1 aliphatic heterocycles. The summed E-state index contributed by atoms with van der Waals surface area (Å²) in [5.74, 6) is 1.48. The van der Waals surface area contributed by atoms with Crippen LogP contribution in [0.4, 0.5) is 0 Å². The van der Waals surface area contributed by atoms with E-state index in [1.54, 1.807) is 0 Å². The molecule has 0 aromatic heterocycles. The van der Waals surface area contributed by atoms with E-state index < -0.39 is 9.84 Å². The molecule has 2 fully saturated rings. The van der Waals surface area contributed by atoms with Gasteiger partial charge in [-0.25, -0.2) is 8.42 Å². The van der Waals surface area contributed by atoms with Crippen LogP contribution >= 0.6 is 0 Å².